The largest absolute Gasteiger partial charge is 0.416 e. The summed E-state index contributed by atoms with van der Waals surface area (Å²) in [5, 5.41) is 2.65. The Kier molecular flexibility index (Phi) is 5.62. The highest BCUT2D eigenvalue weighted by Crippen LogP contribution is 2.31. The van der Waals surface area contributed by atoms with E-state index in [1.165, 1.54) is 30.3 Å². The summed E-state index contributed by atoms with van der Waals surface area (Å²) < 4.78 is 63.1. The van der Waals surface area contributed by atoms with Gasteiger partial charge in [-0.2, -0.15) is 13.2 Å². The van der Waals surface area contributed by atoms with Crippen molar-refractivity contribution >= 4 is 33.0 Å². The van der Waals surface area contributed by atoms with Crippen LogP contribution in [0.25, 0.3) is 0 Å². The molecule has 138 valence electrons. The monoisotopic (exact) mass is 404 g/mol. The van der Waals surface area contributed by atoms with E-state index in [2.05, 4.69) is 5.32 Å². The number of carbonyl (C=O) groups is 1. The maximum atomic E-state index is 12.7. The van der Waals surface area contributed by atoms with E-state index in [9.17, 15) is 26.4 Å². The summed E-state index contributed by atoms with van der Waals surface area (Å²) in [5.74, 6) is -1.26. The normalized spacial score (nSPS) is 12.7. The van der Waals surface area contributed by atoms with Crippen LogP contribution in [0.3, 0.4) is 0 Å². The van der Waals surface area contributed by atoms with Crippen LogP contribution in [0.4, 0.5) is 18.9 Å². The van der Waals surface area contributed by atoms with E-state index in [-0.39, 0.29) is 15.6 Å². The zero-order valence-electron chi connectivity index (χ0n) is 12.9. The van der Waals surface area contributed by atoms with Crippen LogP contribution in [0.2, 0.25) is 5.02 Å². The second kappa shape index (κ2) is 7.38. The van der Waals surface area contributed by atoms with Gasteiger partial charge in [0.05, 0.1) is 10.5 Å². The first-order chi connectivity index (χ1) is 12.0. The van der Waals surface area contributed by atoms with Crippen molar-refractivity contribution in [3.63, 3.8) is 0 Å². The Hall–Kier alpha value is -2.52. The predicted molar refractivity (Wildman–Crippen MR) is 91.0 cm³/mol. The molecule has 1 amide bonds. The molecule has 5 nitrogen and oxygen atoms in total. The molecule has 26 heavy (non-hydrogen) atoms. The molecular weight excluding hydrogens is 393 g/mol. The third kappa shape index (κ3) is 4.55. The number of nitrogens with two attached hydrogens (primary N) is 1. The Morgan fingerprint density at radius 2 is 1.73 bits per heavy atom. The minimum atomic E-state index is -4.57. The summed E-state index contributed by atoms with van der Waals surface area (Å²) in [6, 6.07) is 9.02. The summed E-state index contributed by atoms with van der Waals surface area (Å²) in [6.45, 7) is 0. The van der Waals surface area contributed by atoms with Crippen molar-refractivity contribution in [2.45, 2.75) is 11.1 Å². The molecule has 0 unspecified atom stereocenters. The molecule has 10 heteroatoms. The Morgan fingerprint density at radius 3 is 2.27 bits per heavy atom. The lowest BCUT2D eigenvalue weighted by molar-refractivity contribution is -0.137. The number of halogens is 4. The molecule has 2 rings (SSSR count). The molecule has 0 atom stereocenters. The highest BCUT2D eigenvalue weighted by molar-refractivity contribution is 7.96. The zero-order valence-corrected chi connectivity index (χ0v) is 14.5. The fourth-order valence-corrected chi connectivity index (χ4v) is 3.31. The van der Waals surface area contributed by atoms with Gasteiger partial charge in [-0.15, -0.1) is 0 Å². The van der Waals surface area contributed by atoms with E-state index in [1.54, 1.807) is 0 Å². The molecule has 0 aliphatic heterocycles. The molecule has 0 aliphatic rings. The molecule has 2 aromatic carbocycles. The Balaban J connectivity index is 2.39. The van der Waals surface area contributed by atoms with Gasteiger partial charge >= 0.3 is 6.18 Å². The molecule has 0 aromatic heterocycles. The van der Waals surface area contributed by atoms with Gasteiger partial charge in [0.15, 0.2) is 4.91 Å². The van der Waals surface area contributed by atoms with Crippen molar-refractivity contribution < 1.29 is 26.4 Å². The van der Waals surface area contributed by atoms with Gasteiger partial charge in [-0.1, -0.05) is 17.7 Å². The van der Waals surface area contributed by atoms with E-state index in [4.69, 9.17) is 17.3 Å². The lowest BCUT2D eigenvalue weighted by Gasteiger charge is -2.10. The first kappa shape index (κ1) is 19.8. The van der Waals surface area contributed by atoms with Crippen LogP contribution in [0, 0.1) is 0 Å². The molecule has 3 N–H and O–H groups in total. The molecule has 0 bridgehead atoms. The van der Waals surface area contributed by atoms with Gasteiger partial charge < -0.3 is 11.1 Å². The summed E-state index contributed by atoms with van der Waals surface area (Å²) in [5.41, 5.74) is 4.12. The number of hydrogen-bond acceptors (Lipinski definition) is 4. The molecule has 0 heterocycles. The standard InChI is InChI=1S/C16H12ClF3N2O3S/c17-11-4-6-13(7-5-11)26(24,25)14(15(21)23)9-22-12-3-1-2-10(8-12)16(18,19)20/h1-9,22H,(H2,21,23)/b14-9+. The van der Waals surface area contributed by atoms with Crippen molar-refractivity contribution in [2.24, 2.45) is 5.73 Å². The van der Waals surface area contributed by atoms with E-state index in [0.29, 0.717) is 0 Å². The number of hydrogen-bond donors (Lipinski definition) is 2. The van der Waals surface area contributed by atoms with Crippen LogP contribution >= 0.6 is 11.6 Å². The van der Waals surface area contributed by atoms with E-state index in [1.807, 2.05) is 0 Å². The van der Waals surface area contributed by atoms with E-state index in [0.717, 1.165) is 24.4 Å². The van der Waals surface area contributed by atoms with Crippen molar-refractivity contribution in [3.05, 3.63) is 70.2 Å². The number of nitrogens with one attached hydrogen (secondary N) is 1. The number of benzene rings is 2. The topological polar surface area (TPSA) is 89.3 Å². The number of anilines is 1. The van der Waals surface area contributed by atoms with Gasteiger partial charge in [0.2, 0.25) is 9.84 Å². The average Bonchev–Trinajstić information content (AvgIpc) is 2.54. The number of sulfone groups is 1. The van der Waals surface area contributed by atoms with Gasteiger partial charge in [0.25, 0.3) is 5.91 Å². The Labute approximate surface area is 152 Å². The average molecular weight is 405 g/mol. The minimum absolute atomic E-state index is 0.0649. The summed E-state index contributed by atoms with van der Waals surface area (Å²) in [6.07, 6.45) is -3.81. The lowest BCUT2D eigenvalue weighted by Crippen LogP contribution is -2.22. The lowest BCUT2D eigenvalue weighted by atomic mass is 10.2. The third-order valence-corrected chi connectivity index (χ3v) is 5.26. The maximum absolute atomic E-state index is 12.7. The van der Waals surface area contributed by atoms with Crippen LogP contribution in [0.15, 0.2) is 64.5 Å². The van der Waals surface area contributed by atoms with Crippen molar-refractivity contribution in [1.82, 2.24) is 0 Å². The van der Waals surface area contributed by atoms with E-state index >= 15 is 0 Å². The molecule has 2 aromatic rings. The van der Waals surface area contributed by atoms with Gasteiger partial charge in [0.1, 0.15) is 0 Å². The Morgan fingerprint density at radius 1 is 1.12 bits per heavy atom. The summed E-state index contributed by atoms with van der Waals surface area (Å²) >= 11 is 5.69. The van der Waals surface area contributed by atoms with Gasteiger partial charge in [-0.05, 0) is 42.5 Å². The smallest absolute Gasteiger partial charge is 0.365 e. The molecule has 0 aliphatic carbocycles. The van der Waals surface area contributed by atoms with Gasteiger partial charge in [0, 0.05) is 16.9 Å². The molecular formula is C16H12ClF3N2O3S. The highest BCUT2D eigenvalue weighted by atomic mass is 35.5. The Bertz CT molecular complexity index is 955. The van der Waals surface area contributed by atoms with Crippen molar-refractivity contribution in [2.75, 3.05) is 5.32 Å². The number of rotatable bonds is 5. The third-order valence-electron chi connectivity index (χ3n) is 3.22. The molecule has 0 fully saturated rings. The highest BCUT2D eigenvalue weighted by Gasteiger charge is 2.30. The number of alkyl halides is 3. The second-order valence-corrected chi connectivity index (χ2v) is 7.41. The second-order valence-electron chi connectivity index (χ2n) is 5.05. The van der Waals surface area contributed by atoms with Crippen molar-refractivity contribution in [1.29, 1.82) is 0 Å². The van der Waals surface area contributed by atoms with Crippen LogP contribution in [-0.2, 0) is 20.8 Å². The van der Waals surface area contributed by atoms with E-state index < -0.39 is 32.4 Å². The SMILES string of the molecule is NC(=O)/C(=C\Nc1cccc(C(F)(F)F)c1)S(=O)(=O)c1ccc(Cl)cc1. The summed E-state index contributed by atoms with van der Waals surface area (Å²) in [4.78, 5) is 10.5. The molecule has 0 saturated carbocycles. The fourth-order valence-electron chi connectivity index (χ4n) is 1.96. The number of amides is 1. The van der Waals surface area contributed by atoms with Crippen LogP contribution in [0.5, 0.6) is 0 Å². The number of primary amides is 1. The van der Waals surface area contributed by atoms with Crippen molar-refractivity contribution in [3.8, 4) is 0 Å². The molecule has 0 radical (unpaired) electrons. The van der Waals surface area contributed by atoms with Crippen LogP contribution < -0.4 is 11.1 Å². The van der Waals surface area contributed by atoms with Crippen LogP contribution in [-0.4, -0.2) is 14.3 Å². The van der Waals surface area contributed by atoms with Gasteiger partial charge in [-0.3, -0.25) is 4.79 Å². The number of carbonyl (C=O) groups excluding carboxylic acids is 1. The minimum Gasteiger partial charge on any atom is -0.365 e. The quantitative estimate of drug-likeness (QED) is 0.745. The first-order valence-electron chi connectivity index (χ1n) is 6.96. The molecule has 0 saturated heterocycles. The maximum Gasteiger partial charge on any atom is 0.416 e. The van der Waals surface area contributed by atoms with Crippen LogP contribution in [0.1, 0.15) is 5.56 Å². The molecule has 0 spiro atoms. The zero-order chi connectivity index (χ0) is 19.5. The summed E-state index contributed by atoms with van der Waals surface area (Å²) in [7, 11) is -4.28. The predicted octanol–water partition coefficient (Wildman–Crippen LogP) is 3.57. The van der Waals surface area contributed by atoms with Gasteiger partial charge in [-0.25, -0.2) is 8.42 Å². The fraction of sp³-hybridized carbons (Fsp3) is 0.0625. The first-order valence-corrected chi connectivity index (χ1v) is 8.82.